The van der Waals surface area contributed by atoms with Gasteiger partial charge in [-0.15, -0.1) is 0 Å². The maximum atomic E-state index is 13.0. The van der Waals surface area contributed by atoms with Crippen LogP contribution in [-0.2, 0) is 9.47 Å². The Labute approximate surface area is 208 Å². The Balaban J connectivity index is 2.12. The molecular formula is C27H36O7Si. The zero-order chi connectivity index (χ0) is 25.6. The highest BCUT2D eigenvalue weighted by Gasteiger charge is 2.35. The van der Waals surface area contributed by atoms with Gasteiger partial charge in [-0.2, -0.15) is 0 Å². The Morgan fingerprint density at radius 1 is 1.03 bits per heavy atom. The summed E-state index contributed by atoms with van der Waals surface area (Å²) < 4.78 is 34.5. The molecule has 2 aromatic carbocycles. The number of methoxy groups -OCH3 is 3. The van der Waals surface area contributed by atoms with Gasteiger partial charge in [0.25, 0.3) is 0 Å². The van der Waals surface area contributed by atoms with Gasteiger partial charge >= 0.3 is 5.97 Å². The van der Waals surface area contributed by atoms with Gasteiger partial charge in [0.2, 0.25) is 0 Å². The van der Waals surface area contributed by atoms with E-state index < -0.39 is 14.0 Å². The van der Waals surface area contributed by atoms with Gasteiger partial charge in [0.15, 0.2) is 12.5 Å². The lowest BCUT2D eigenvalue weighted by molar-refractivity contribution is 0.0204. The number of fused-ring (bicyclic) bond motifs is 2. The molecule has 1 heterocycles. The van der Waals surface area contributed by atoms with Gasteiger partial charge in [-0.3, -0.25) is 0 Å². The van der Waals surface area contributed by atoms with E-state index in [2.05, 4.69) is 32.6 Å². The van der Waals surface area contributed by atoms with Gasteiger partial charge in [0, 0.05) is 20.7 Å². The topological polar surface area (TPSA) is 72.5 Å². The third-order valence-electron chi connectivity index (χ3n) is 5.71. The van der Waals surface area contributed by atoms with Crippen LogP contribution in [0, 0.1) is 0 Å². The van der Waals surface area contributed by atoms with Crippen molar-refractivity contribution in [3.63, 3.8) is 0 Å². The zero-order valence-corrected chi connectivity index (χ0v) is 22.8. The molecule has 0 saturated carbocycles. The molecule has 0 N–H and O–H groups in total. The lowest BCUT2D eigenvalue weighted by atomic mass is 9.89. The molecule has 0 radical (unpaired) electrons. The summed E-state index contributed by atoms with van der Waals surface area (Å²) in [7, 11) is 3.31. The van der Waals surface area contributed by atoms with Crippen LogP contribution in [0.4, 0.5) is 0 Å². The first-order valence-corrected chi connectivity index (χ1v) is 15.6. The van der Waals surface area contributed by atoms with Crippen LogP contribution >= 0.6 is 0 Å². The molecule has 0 spiro atoms. The van der Waals surface area contributed by atoms with Crippen LogP contribution in [0.25, 0.3) is 5.57 Å². The summed E-state index contributed by atoms with van der Waals surface area (Å²) in [5, 5.41) is 0. The molecule has 8 heteroatoms. The van der Waals surface area contributed by atoms with Crippen LogP contribution in [0.5, 0.6) is 28.7 Å². The molecule has 0 aliphatic carbocycles. The smallest absolute Gasteiger partial charge is 0.345 e. The number of ether oxygens (including phenoxy) is 6. The molecule has 35 heavy (non-hydrogen) atoms. The lowest BCUT2D eigenvalue weighted by Gasteiger charge is -2.28. The number of esters is 1. The number of unbranched alkanes of at least 4 members (excludes halogenated alkanes) is 1. The molecule has 2 aromatic rings. The number of hydrogen-bond acceptors (Lipinski definition) is 7. The van der Waals surface area contributed by atoms with Gasteiger partial charge in [0.1, 0.15) is 28.6 Å². The highest BCUT2D eigenvalue weighted by Crippen LogP contribution is 2.54. The van der Waals surface area contributed by atoms with Crippen molar-refractivity contribution in [2.24, 2.45) is 0 Å². The predicted molar refractivity (Wildman–Crippen MR) is 139 cm³/mol. The summed E-state index contributed by atoms with van der Waals surface area (Å²) in [6, 6.07) is 8.29. The molecule has 7 nitrogen and oxygen atoms in total. The minimum atomic E-state index is -1.23. The molecule has 190 valence electrons. The van der Waals surface area contributed by atoms with E-state index in [9.17, 15) is 4.79 Å². The average Bonchev–Trinajstić information content (AvgIpc) is 2.84. The van der Waals surface area contributed by atoms with Crippen molar-refractivity contribution >= 4 is 19.6 Å². The van der Waals surface area contributed by atoms with E-state index in [0.717, 1.165) is 30.0 Å². The SMILES string of the molecule is CCC/C=C1\c2c(OC)cccc2Oc2c(C(=O)OC)c(OCOCC[Si](C)(C)C)cc(OC)c21. The average molecular weight is 501 g/mol. The largest absolute Gasteiger partial charge is 0.496 e. The van der Waals surface area contributed by atoms with Crippen LogP contribution in [0.15, 0.2) is 30.3 Å². The number of carbonyl (C=O) groups excluding carboxylic acids is 1. The molecule has 1 aliphatic rings. The molecule has 0 aromatic heterocycles. The summed E-state index contributed by atoms with van der Waals surface area (Å²) in [6.07, 6.45) is 3.89. The summed E-state index contributed by atoms with van der Waals surface area (Å²) in [4.78, 5) is 13.0. The van der Waals surface area contributed by atoms with Crippen LogP contribution in [-0.4, -0.2) is 48.8 Å². The molecule has 3 rings (SSSR count). The second-order valence-electron chi connectivity index (χ2n) is 9.47. The second-order valence-corrected chi connectivity index (χ2v) is 15.1. The highest BCUT2D eigenvalue weighted by atomic mass is 28.3. The van der Waals surface area contributed by atoms with Crippen LogP contribution in [0.2, 0.25) is 25.7 Å². The van der Waals surface area contributed by atoms with E-state index in [1.54, 1.807) is 20.3 Å². The minimum absolute atomic E-state index is 0.000639. The summed E-state index contributed by atoms with van der Waals surface area (Å²) >= 11 is 0. The third kappa shape index (κ3) is 6.00. The third-order valence-corrected chi connectivity index (χ3v) is 7.41. The summed E-state index contributed by atoms with van der Waals surface area (Å²) in [5.74, 6) is 1.81. The van der Waals surface area contributed by atoms with Gasteiger partial charge in [-0.25, -0.2) is 4.79 Å². The Hall–Kier alpha value is -2.97. The van der Waals surface area contributed by atoms with Crippen molar-refractivity contribution in [3.05, 3.63) is 47.0 Å². The Morgan fingerprint density at radius 2 is 1.77 bits per heavy atom. The van der Waals surface area contributed by atoms with Crippen LogP contribution in [0.3, 0.4) is 0 Å². The monoisotopic (exact) mass is 500 g/mol. The van der Waals surface area contributed by atoms with Crippen molar-refractivity contribution < 1.29 is 33.2 Å². The van der Waals surface area contributed by atoms with E-state index >= 15 is 0 Å². The van der Waals surface area contributed by atoms with E-state index in [1.165, 1.54) is 7.11 Å². The van der Waals surface area contributed by atoms with Gasteiger partial charge < -0.3 is 28.4 Å². The first-order valence-electron chi connectivity index (χ1n) is 11.8. The molecule has 0 atom stereocenters. The standard InChI is InChI=1S/C27H36O7Si/c1-8-9-11-18-23-19(29-2)12-10-13-20(23)34-26-24(18)21(30-3)16-22(25(26)27(28)31-4)33-17-32-14-15-35(5,6)7/h10-13,16H,8-9,14-15,17H2,1-7H3/b18-11+. The summed E-state index contributed by atoms with van der Waals surface area (Å²) in [5.41, 5.74) is 2.53. The van der Waals surface area contributed by atoms with Crippen molar-refractivity contribution in [2.75, 3.05) is 34.7 Å². The van der Waals surface area contributed by atoms with Gasteiger partial charge in [-0.05, 0) is 30.2 Å². The number of carbonyl (C=O) groups is 1. The lowest BCUT2D eigenvalue weighted by Crippen LogP contribution is -2.22. The van der Waals surface area contributed by atoms with Gasteiger partial charge in [0.05, 0.1) is 32.5 Å². The minimum Gasteiger partial charge on any atom is -0.496 e. The van der Waals surface area contributed by atoms with E-state index in [0.29, 0.717) is 35.2 Å². The Kier molecular flexibility index (Phi) is 8.85. The Morgan fingerprint density at radius 3 is 2.40 bits per heavy atom. The molecule has 1 aliphatic heterocycles. The quantitative estimate of drug-likeness (QED) is 0.128. The molecule has 0 fully saturated rings. The Bertz CT molecular complexity index is 1090. The number of hydrogen-bond donors (Lipinski definition) is 0. The van der Waals surface area contributed by atoms with Crippen LogP contribution < -0.4 is 18.9 Å². The fourth-order valence-corrected chi connectivity index (χ4v) is 4.60. The fraction of sp³-hybridized carbons (Fsp3) is 0.444. The molecule has 0 bridgehead atoms. The highest BCUT2D eigenvalue weighted by molar-refractivity contribution is 6.76. The fourth-order valence-electron chi connectivity index (χ4n) is 3.84. The second kappa shape index (κ2) is 11.6. The molecule has 0 unspecified atom stereocenters. The predicted octanol–water partition coefficient (Wildman–Crippen LogP) is 6.52. The summed E-state index contributed by atoms with van der Waals surface area (Å²) in [6.45, 7) is 9.56. The maximum Gasteiger partial charge on any atom is 0.345 e. The maximum absolute atomic E-state index is 13.0. The van der Waals surface area contributed by atoms with Crippen molar-refractivity contribution in [2.45, 2.75) is 45.5 Å². The number of benzene rings is 2. The van der Waals surface area contributed by atoms with E-state index in [4.69, 9.17) is 28.4 Å². The molecular weight excluding hydrogens is 464 g/mol. The first kappa shape index (κ1) is 26.6. The zero-order valence-electron chi connectivity index (χ0n) is 21.8. The van der Waals surface area contributed by atoms with E-state index in [1.807, 2.05) is 18.2 Å². The molecule has 0 amide bonds. The first-order chi connectivity index (χ1) is 16.8. The number of rotatable bonds is 11. The van der Waals surface area contributed by atoms with Crippen LogP contribution in [0.1, 0.15) is 41.3 Å². The molecule has 0 saturated heterocycles. The van der Waals surface area contributed by atoms with Crippen molar-refractivity contribution in [3.8, 4) is 28.7 Å². The van der Waals surface area contributed by atoms with Crippen molar-refractivity contribution in [1.82, 2.24) is 0 Å². The van der Waals surface area contributed by atoms with Crippen molar-refractivity contribution in [1.29, 1.82) is 0 Å². The van der Waals surface area contributed by atoms with Gasteiger partial charge in [-0.1, -0.05) is 45.1 Å². The number of allylic oxidation sites excluding steroid dienone is 1. The normalized spacial score (nSPS) is 13.5. The van der Waals surface area contributed by atoms with E-state index in [-0.39, 0.29) is 18.1 Å².